The third kappa shape index (κ3) is 5.57. The van der Waals surface area contributed by atoms with E-state index in [1.165, 1.54) is 18.4 Å². The van der Waals surface area contributed by atoms with Crippen LogP contribution in [0.1, 0.15) is 40.9 Å². The van der Waals surface area contributed by atoms with E-state index in [9.17, 15) is 4.79 Å². The number of nitrogens with zero attached hydrogens (tertiary/aromatic N) is 2. The van der Waals surface area contributed by atoms with Crippen molar-refractivity contribution < 1.29 is 14.3 Å². The Morgan fingerprint density at radius 1 is 1.17 bits per heavy atom. The Morgan fingerprint density at radius 2 is 2.00 bits per heavy atom. The number of rotatable bonds is 10. The van der Waals surface area contributed by atoms with Gasteiger partial charge in [-0.05, 0) is 68.0 Å². The lowest BCUT2D eigenvalue weighted by molar-refractivity contribution is 0.0937. The molecule has 1 N–H and O–H groups in total. The van der Waals surface area contributed by atoms with Crippen LogP contribution < -0.4 is 10.1 Å². The number of ether oxygens (including phenoxy) is 2. The predicted molar refractivity (Wildman–Crippen MR) is 111 cm³/mol. The van der Waals surface area contributed by atoms with Crippen LogP contribution in [0, 0.1) is 12.8 Å². The van der Waals surface area contributed by atoms with Crippen LogP contribution >= 0.6 is 0 Å². The van der Waals surface area contributed by atoms with Gasteiger partial charge < -0.3 is 19.2 Å². The highest BCUT2D eigenvalue weighted by Gasteiger charge is 2.20. The van der Waals surface area contributed by atoms with Crippen molar-refractivity contribution in [3.05, 3.63) is 65.6 Å². The van der Waals surface area contributed by atoms with E-state index < -0.39 is 0 Å². The number of imidazole rings is 1. The molecule has 2 heterocycles. The summed E-state index contributed by atoms with van der Waals surface area (Å²) in [4.78, 5) is 16.8. The van der Waals surface area contributed by atoms with Crippen molar-refractivity contribution in [1.82, 2.24) is 14.7 Å². The average molecular weight is 393 g/mol. The molecular formula is C23H27N3O3. The van der Waals surface area contributed by atoms with Gasteiger partial charge in [0.25, 0.3) is 5.91 Å². The van der Waals surface area contributed by atoms with Crippen molar-refractivity contribution in [2.24, 2.45) is 5.92 Å². The van der Waals surface area contributed by atoms with Crippen molar-refractivity contribution in [2.75, 3.05) is 19.8 Å². The van der Waals surface area contributed by atoms with Crippen LogP contribution in [-0.4, -0.2) is 35.1 Å². The van der Waals surface area contributed by atoms with Crippen LogP contribution in [0.4, 0.5) is 0 Å². The van der Waals surface area contributed by atoms with Gasteiger partial charge in [0, 0.05) is 37.7 Å². The fraction of sp³-hybridized carbons (Fsp3) is 0.391. The Hall–Kier alpha value is -2.86. The Balaban J connectivity index is 1.21. The molecule has 4 rings (SSSR count). The van der Waals surface area contributed by atoms with Gasteiger partial charge in [-0.25, -0.2) is 4.98 Å². The molecule has 1 saturated carbocycles. The minimum Gasteiger partial charge on any atom is -0.487 e. The van der Waals surface area contributed by atoms with E-state index in [4.69, 9.17) is 9.47 Å². The molecule has 0 spiro atoms. The van der Waals surface area contributed by atoms with Crippen LogP contribution in [0.2, 0.25) is 0 Å². The third-order valence-electron chi connectivity index (χ3n) is 4.95. The molecule has 6 nitrogen and oxygen atoms in total. The number of carbonyl (C=O) groups is 1. The third-order valence-corrected chi connectivity index (χ3v) is 4.95. The SMILES string of the molecule is Cc1ccc2nc(COc3ccc(C(=O)NCCCOCC4CC4)cc3)cn2c1. The Morgan fingerprint density at radius 3 is 2.79 bits per heavy atom. The fourth-order valence-electron chi connectivity index (χ4n) is 3.10. The van der Waals surface area contributed by atoms with Gasteiger partial charge in [0.2, 0.25) is 0 Å². The number of amides is 1. The molecule has 0 radical (unpaired) electrons. The topological polar surface area (TPSA) is 64.9 Å². The van der Waals surface area contributed by atoms with Crippen LogP contribution in [0.15, 0.2) is 48.8 Å². The summed E-state index contributed by atoms with van der Waals surface area (Å²) in [6.07, 6.45) is 7.44. The number of aromatic nitrogens is 2. The number of nitrogens with one attached hydrogen (secondary N) is 1. The summed E-state index contributed by atoms with van der Waals surface area (Å²) in [5, 5.41) is 2.93. The summed E-state index contributed by atoms with van der Waals surface area (Å²) in [5.74, 6) is 1.42. The van der Waals surface area contributed by atoms with Gasteiger partial charge in [-0.2, -0.15) is 0 Å². The molecule has 29 heavy (non-hydrogen) atoms. The van der Waals surface area contributed by atoms with Gasteiger partial charge >= 0.3 is 0 Å². The number of aryl methyl sites for hydroxylation is 1. The monoisotopic (exact) mass is 393 g/mol. The molecule has 0 aliphatic heterocycles. The minimum atomic E-state index is -0.0746. The van der Waals surface area contributed by atoms with Gasteiger partial charge in [-0.1, -0.05) is 6.07 Å². The summed E-state index contributed by atoms with van der Waals surface area (Å²) in [7, 11) is 0. The van der Waals surface area contributed by atoms with Gasteiger partial charge in [-0.3, -0.25) is 4.79 Å². The van der Waals surface area contributed by atoms with Crippen LogP contribution in [0.25, 0.3) is 5.65 Å². The van der Waals surface area contributed by atoms with Crippen LogP contribution in [-0.2, 0) is 11.3 Å². The van der Waals surface area contributed by atoms with E-state index in [1.807, 2.05) is 41.1 Å². The first-order valence-corrected chi connectivity index (χ1v) is 10.2. The van der Waals surface area contributed by atoms with Crippen molar-refractivity contribution in [1.29, 1.82) is 0 Å². The van der Waals surface area contributed by atoms with Crippen molar-refractivity contribution in [2.45, 2.75) is 32.8 Å². The zero-order valence-corrected chi connectivity index (χ0v) is 16.8. The molecule has 1 amide bonds. The lowest BCUT2D eigenvalue weighted by Crippen LogP contribution is -2.25. The number of fused-ring (bicyclic) bond motifs is 1. The number of hydrogen-bond donors (Lipinski definition) is 1. The normalized spacial score (nSPS) is 13.6. The Labute approximate surface area is 170 Å². The smallest absolute Gasteiger partial charge is 0.251 e. The lowest BCUT2D eigenvalue weighted by Gasteiger charge is -2.07. The first kappa shape index (κ1) is 19.5. The number of carbonyl (C=O) groups excluding carboxylic acids is 1. The summed E-state index contributed by atoms with van der Waals surface area (Å²) >= 11 is 0. The highest BCUT2D eigenvalue weighted by atomic mass is 16.5. The van der Waals surface area contributed by atoms with E-state index in [0.717, 1.165) is 30.3 Å². The molecule has 1 aliphatic carbocycles. The second kappa shape index (κ2) is 9.09. The van der Waals surface area contributed by atoms with Gasteiger partial charge in [0.05, 0.1) is 5.69 Å². The summed E-state index contributed by atoms with van der Waals surface area (Å²) in [5.41, 5.74) is 3.57. The number of pyridine rings is 1. The van der Waals surface area contributed by atoms with Crippen LogP contribution in [0.3, 0.4) is 0 Å². The fourth-order valence-corrected chi connectivity index (χ4v) is 3.10. The minimum absolute atomic E-state index is 0.0746. The zero-order valence-electron chi connectivity index (χ0n) is 16.8. The van der Waals surface area contributed by atoms with E-state index in [0.29, 0.717) is 31.1 Å². The molecule has 0 atom stereocenters. The molecular weight excluding hydrogens is 366 g/mol. The molecule has 0 saturated heterocycles. The second-order valence-electron chi connectivity index (χ2n) is 7.64. The maximum atomic E-state index is 12.2. The summed E-state index contributed by atoms with van der Waals surface area (Å²) < 4.78 is 13.4. The molecule has 1 aromatic carbocycles. The molecule has 152 valence electrons. The highest BCUT2D eigenvalue weighted by Crippen LogP contribution is 2.28. The maximum Gasteiger partial charge on any atom is 0.251 e. The lowest BCUT2D eigenvalue weighted by atomic mass is 10.2. The van der Waals surface area contributed by atoms with Crippen molar-refractivity contribution in [3.8, 4) is 5.75 Å². The maximum absolute atomic E-state index is 12.2. The molecule has 2 aromatic heterocycles. The molecule has 1 fully saturated rings. The van der Waals surface area contributed by atoms with Gasteiger partial charge in [0.15, 0.2) is 0 Å². The van der Waals surface area contributed by atoms with E-state index in [-0.39, 0.29) is 5.91 Å². The Bertz CT molecular complexity index is 961. The van der Waals surface area contributed by atoms with Gasteiger partial charge in [-0.15, -0.1) is 0 Å². The van der Waals surface area contributed by atoms with Crippen molar-refractivity contribution in [3.63, 3.8) is 0 Å². The quantitative estimate of drug-likeness (QED) is 0.533. The second-order valence-corrected chi connectivity index (χ2v) is 7.64. The molecule has 6 heteroatoms. The summed E-state index contributed by atoms with van der Waals surface area (Å²) in [6, 6.07) is 11.2. The molecule has 0 unspecified atom stereocenters. The van der Waals surface area contributed by atoms with E-state index in [2.05, 4.69) is 17.2 Å². The largest absolute Gasteiger partial charge is 0.487 e. The Kier molecular flexibility index (Phi) is 6.10. The van der Waals surface area contributed by atoms with Crippen molar-refractivity contribution >= 4 is 11.6 Å². The average Bonchev–Trinajstić information content (AvgIpc) is 3.47. The number of hydrogen-bond acceptors (Lipinski definition) is 4. The molecule has 3 aromatic rings. The van der Waals surface area contributed by atoms with E-state index >= 15 is 0 Å². The van der Waals surface area contributed by atoms with Gasteiger partial charge in [0.1, 0.15) is 18.0 Å². The molecule has 1 aliphatic rings. The first-order chi connectivity index (χ1) is 14.2. The number of benzene rings is 1. The summed E-state index contributed by atoms with van der Waals surface area (Å²) in [6.45, 7) is 4.62. The standard InChI is InChI=1S/C23H27N3O3/c1-17-3-10-22-25-20(14-26(22)13-17)16-29-21-8-6-19(7-9-21)23(27)24-11-2-12-28-15-18-4-5-18/h3,6-10,13-14,18H,2,4-5,11-12,15-16H2,1H3,(H,24,27). The predicted octanol–water partition coefficient (Wildman–Crippen LogP) is 3.77. The van der Waals surface area contributed by atoms with E-state index in [1.54, 1.807) is 12.1 Å². The highest BCUT2D eigenvalue weighted by molar-refractivity contribution is 5.94. The molecule has 0 bridgehead atoms. The first-order valence-electron chi connectivity index (χ1n) is 10.2. The van der Waals surface area contributed by atoms with Crippen LogP contribution in [0.5, 0.6) is 5.75 Å². The zero-order chi connectivity index (χ0) is 20.1.